The molecule has 0 spiro atoms. The van der Waals surface area contributed by atoms with E-state index in [1.807, 2.05) is 13.0 Å². The molecule has 0 saturated carbocycles. The molecule has 0 aromatic heterocycles. The summed E-state index contributed by atoms with van der Waals surface area (Å²) in [6, 6.07) is 10.5. The van der Waals surface area contributed by atoms with E-state index in [1.165, 1.54) is 5.56 Å². The summed E-state index contributed by atoms with van der Waals surface area (Å²) in [7, 11) is 1.80. The Morgan fingerprint density at radius 3 is 2.32 bits per heavy atom. The first kappa shape index (κ1) is 19.1. The number of rotatable bonds is 4. The van der Waals surface area contributed by atoms with Gasteiger partial charge in [0.15, 0.2) is 5.96 Å². The third-order valence-electron chi connectivity index (χ3n) is 4.56. The number of amides is 1. The molecule has 0 unspecified atom stereocenters. The Hall–Kier alpha value is -2.24. The van der Waals surface area contributed by atoms with Gasteiger partial charge in [0.2, 0.25) is 0 Å². The van der Waals surface area contributed by atoms with Gasteiger partial charge in [-0.1, -0.05) is 44.2 Å². The highest BCUT2D eigenvalue weighted by Crippen LogP contribution is 2.21. The van der Waals surface area contributed by atoms with Crippen LogP contribution in [0.15, 0.2) is 35.3 Å². The first-order chi connectivity index (χ1) is 12.0. The maximum absolute atomic E-state index is 11.8. The molecule has 138 valence electrons. The maximum Gasteiger partial charge on any atom is 0.409 e. The van der Waals surface area contributed by atoms with Gasteiger partial charge in [0.1, 0.15) is 0 Å². The van der Waals surface area contributed by atoms with Crippen molar-refractivity contribution in [3.63, 3.8) is 0 Å². The molecular weight excluding hydrogens is 316 g/mol. The average molecular weight is 346 g/mol. The molecule has 2 rings (SSSR count). The number of piperazine rings is 1. The Morgan fingerprint density at radius 2 is 1.76 bits per heavy atom. The van der Waals surface area contributed by atoms with Crippen LogP contribution in [-0.2, 0) is 10.2 Å². The Bertz CT molecular complexity index is 578. The summed E-state index contributed by atoms with van der Waals surface area (Å²) in [5.74, 6) is 0.882. The second-order valence-corrected chi connectivity index (χ2v) is 6.82. The van der Waals surface area contributed by atoms with Gasteiger partial charge in [-0.3, -0.25) is 4.99 Å². The topological polar surface area (TPSA) is 57.2 Å². The van der Waals surface area contributed by atoms with Crippen LogP contribution in [0.2, 0.25) is 0 Å². The smallest absolute Gasteiger partial charge is 0.409 e. The zero-order chi connectivity index (χ0) is 18.3. The minimum atomic E-state index is -0.227. The third kappa shape index (κ3) is 5.11. The summed E-state index contributed by atoms with van der Waals surface area (Å²) in [4.78, 5) is 20.2. The molecule has 1 heterocycles. The van der Waals surface area contributed by atoms with Crippen LogP contribution in [-0.4, -0.2) is 68.2 Å². The van der Waals surface area contributed by atoms with Crippen molar-refractivity contribution in [3.05, 3.63) is 35.9 Å². The molecule has 1 aliphatic heterocycles. The molecule has 0 atom stereocenters. The van der Waals surface area contributed by atoms with Gasteiger partial charge in [-0.15, -0.1) is 0 Å². The second kappa shape index (κ2) is 8.74. The summed E-state index contributed by atoms with van der Waals surface area (Å²) < 4.78 is 5.07. The minimum Gasteiger partial charge on any atom is -0.450 e. The molecule has 1 fully saturated rings. The lowest BCUT2D eigenvalue weighted by Gasteiger charge is -2.37. The van der Waals surface area contributed by atoms with Crippen LogP contribution in [0.25, 0.3) is 0 Å². The number of benzene rings is 1. The number of nitrogens with zero attached hydrogens (tertiary/aromatic N) is 3. The predicted octanol–water partition coefficient (Wildman–Crippen LogP) is 2.31. The average Bonchev–Trinajstić information content (AvgIpc) is 2.63. The Kier molecular flexibility index (Phi) is 6.67. The highest BCUT2D eigenvalue weighted by molar-refractivity contribution is 5.80. The number of nitrogens with one attached hydrogen (secondary N) is 1. The highest BCUT2D eigenvalue weighted by atomic mass is 16.6. The van der Waals surface area contributed by atoms with Crippen LogP contribution in [0, 0.1) is 0 Å². The number of guanidine groups is 1. The van der Waals surface area contributed by atoms with Crippen molar-refractivity contribution < 1.29 is 9.53 Å². The summed E-state index contributed by atoms with van der Waals surface area (Å²) in [5, 5.41) is 3.49. The van der Waals surface area contributed by atoms with Crippen molar-refractivity contribution in [2.24, 2.45) is 4.99 Å². The molecule has 1 aliphatic rings. The fraction of sp³-hybridized carbons (Fsp3) is 0.579. The minimum absolute atomic E-state index is 0.00392. The lowest BCUT2D eigenvalue weighted by molar-refractivity contribution is 0.0914. The number of hydrogen-bond donors (Lipinski definition) is 1. The molecule has 6 nitrogen and oxygen atoms in total. The Labute approximate surface area is 150 Å². The number of ether oxygens (including phenoxy) is 1. The van der Waals surface area contributed by atoms with Crippen LogP contribution >= 0.6 is 0 Å². The second-order valence-electron chi connectivity index (χ2n) is 6.82. The van der Waals surface area contributed by atoms with Crippen molar-refractivity contribution in [3.8, 4) is 0 Å². The van der Waals surface area contributed by atoms with Crippen LogP contribution in [0.5, 0.6) is 0 Å². The number of aliphatic imine (C=N–C) groups is 1. The van der Waals surface area contributed by atoms with Gasteiger partial charge in [-0.2, -0.15) is 0 Å². The van der Waals surface area contributed by atoms with E-state index in [2.05, 4.69) is 53.3 Å². The van der Waals surface area contributed by atoms with Crippen LogP contribution in [0.4, 0.5) is 4.79 Å². The van der Waals surface area contributed by atoms with Gasteiger partial charge in [0, 0.05) is 45.2 Å². The molecule has 6 heteroatoms. The number of hydrogen-bond acceptors (Lipinski definition) is 3. The van der Waals surface area contributed by atoms with Crippen molar-refractivity contribution >= 4 is 12.1 Å². The van der Waals surface area contributed by atoms with E-state index in [-0.39, 0.29) is 11.5 Å². The Morgan fingerprint density at radius 1 is 1.16 bits per heavy atom. The summed E-state index contributed by atoms with van der Waals surface area (Å²) in [6.07, 6.45) is -0.227. The van der Waals surface area contributed by atoms with Crippen LogP contribution in [0.1, 0.15) is 26.3 Å². The third-order valence-corrected chi connectivity index (χ3v) is 4.56. The van der Waals surface area contributed by atoms with Crippen LogP contribution in [0.3, 0.4) is 0 Å². The highest BCUT2D eigenvalue weighted by Gasteiger charge is 2.25. The van der Waals surface area contributed by atoms with Crippen LogP contribution < -0.4 is 5.32 Å². The fourth-order valence-electron chi connectivity index (χ4n) is 2.94. The van der Waals surface area contributed by atoms with Crippen molar-refractivity contribution in [1.82, 2.24) is 15.1 Å². The first-order valence-corrected chi connectivity index (χ1v) is 8.90. The van der Waals surface area contributed by atoms with Gasteiger partial charge < -0.3 is 19.9 Å². The molecule has 1 aromatic carbocycles. The van der Waals surface area contributed by atoms with Crippen molar-refractivity contribution in [2.45, 2.75) is 26.2 Å². The monoisotopic (exact) mass is 346 g/mol. The largest absolute Gasteiger partial charge is 0.450 e. The number of carbonyl (C=O) groups excluding carboxylic acids is 1. The van der Waals surface area contributed by atoms with Crippen molar-refractivity contribution in [1.29, 1.82) is 0 Å². The van der Waals surface area contributed by atoms with Gasteiger partial charge in [-0.25, -0.2) is 4.79 Å². The van der Waals surface area contributed by atoms with Gasteiger partial charge in [0.25, 0.3) is 0 Å². The quantitative estimate of drug-likeness (QED) is 0.671. The van der Waals surface area contributed by atoms with Crippen molar-refractivity contribution in [2.75, 3.05) is 46.4 Å². The summed E-state index contributed by atoms with van der Waals surface area (Å²) in [6.45, 7) is 10.3. The lowest BCUT2D eigenvalue weighted by atomic mass is 9.85. The molecule has 0 bridgehead atoms. The van der Waals surface area contributed by atoms with E-state index in [9.17, 15) is 4.79 Å². The van der Waals surface area contributed by atoms with Gasteiger partial charge in [0.05, 0.1) is 6.61 Å². The summed E-state index contributed by atoms with van der Waals surface area (Å²) in [5.41, 5.74) is 1.30. The Balaban J connectivity index is 1.88. The molecule has 0 radical (unpaired) electrons. The van der Waals surface area contributed by atoms with E-state index < -0.39 is 0 Å². The fourth-order valence-corrected chi connectivity index (χ4v) is 2.94. The zero-order valence-corrected chi connectivity index (χ0v) is 15.8. The molecule has 1 N–H and O–H groups in total. The zero-order valence-electron chi connectivity index (χ0n) is 15.8. The molecule has 0 aliphatic carbocycles. The molecule has 25 heavy (non-hydrogen) atoms. The van der Waals surface area contributed by atoms with Gasteiger partial charge in [-0.05, 0) is 12.5 Å². The molecular formula is C19H30N4O2. The SMILES string of the molecule is CCOC(=O)N1CCN(C(=NC)NCC(C)(C)c2ccccc2)CC1. The maximum atomic E-state index is 11.8. The van der Waals surface area contributed by atoms with E-state index >= 15 is 0 Å². The van der Waals surface area contributed by atoms with Gasteiger partial charge >= 0.3 is 6.09 Å². The number of carbonyl (C=O) groups is 1. The lowest BCUT2D eigenvalue weighted by Crippen LogP contribution is -2.55. The standard InChI is InChI=1S/C19H30N4O2/c1-5-25-18(24)23-13-11-22(12-14-23)17(20-4)21-15-19(2,3)16-9-7-6-8-10-16/h6-10H,5,11-15H2,1-4H3,(H,20,21). The van der Waals surface area contributed by atoms with E-state index in [0.29, 0.717) is 19.7 Å². The normalized spacial score (nSPS) is 15.9. The molecule has 1 saturated heterocycles. The van der Waals surface area contributed by atoms with E-state index in [0.717, 1.165) is 25.6 Å². The predicted molar refractivity (Wildman–Crippen MR) is 101 cm³/mol. The molecule has 1 aromatic rings. The first-order valence-electron chi connectivity index (χ1n) is 8.90. The summed E-state index contributed by atoms with van der Waals surface area (Å²) >= 11 is 0. The van der Waals surface area contributed by atoms with E-state index in [1.54, 1.807) is 11.9 Å². The molecule has 1 amide bonds. The van der Waals surface area contributed by atoms with E-state index in [4.69, 9.17) is 4.74 Å².